The van der Waals surface area contributed by atoms with Crippen LogP contribution in [-0.4, -0.2) is 61.9 Å². The molecule has 1 saturated heterocycles. The summed E-state index contributed by atoms with van der Waals surface area (Å²) in [6.45, 7) is 2.11. The molecule has 0 aromatic carbocycles. The third-order valence-electron chi connectivity index (χ3n) is 6.33. The van der Waals surface area contributed by atoms with Gasteiger partial charge in [0.2, 0.25) is 5.91 Å². The second-order valence-corrected chi connectivity index (χ2v) is 8.08. The van der Waals surface area contributed by atoms with E-state index in [1.54, 1.807) is 44.4 Å². The highest BCUT2D eigenvalue weighted by atomic mass is 16.2. The average Bonchev–Trinajstić information content (AvgIpc) is 3.40. The van der Waals surface area contributed by atoms with Crippen LogP contribution in [0, 0.1) is 5.92 Å². The minimum Gasteiger partial charge on any atom is -0.335 e. The summed E-state index contributed by atoms with van der Waals surface area (Å²) in [5.74, 6) is 0.153. The van der Waals surface area contributed by atoms with Crippen LogP contribution in [0.15, 0.2) is 47.5 Å². The number of carbonyl (C=O) groups is 2. The topological polar surface area (TPSA) is 80.4 Å². The van der Waals surface area contributed by atoms with Crippen LogP contribution >= 0.6 is 0 Å². The summed E-state index contributed by atoms with van der Waals surface area (Å²) < 4.78 is 3.39. The van der Waals surface area contributed by atoms with Gasteiger partial charge in [-0.1, -0.05) is 18.2 Å². The molecule has 0 N–H and O–H groups in total. The fraction of sp³-hybridized carbons (Fsp3) is 0.429. The zero-order chi connectivity index (χ0) is 20.1. The summed E-state index contributed by atoms with van der Waals surface area (Å²) in [5, 5.41) is 0. The van der Waals surface area contributed by atoms with E-state index in [4.69, 9.17) is 0 Å². The standard InChI is InChI=1S/C21H23N5O3/c1-23-10-7-22-19(23)21(29)25-12-14-11-15(13-25)18(20(28)24-8-2-3-9-24)26-16(14)5-4-6-17(26)27/h2-7,10,14-15,18H,8-9,11-13H2,1H3/t14-,15+,18-/m1/s1. The highest BCUT2D eigenvalue weighted by Gasteiger charge is 2.46. The van der Waals surface area contributed by atoms with Crippen molar-refractivity contribution in [2.45, 2.75) is 18.4 Å². The van der Waals surface area contributed by atoms with Crippen molar-refractivity contribution in [2.75, 3.05) is 26.2 Å². The summed E-state index contributed by atoms with van der Waals surface area (Å²) in [7, 11) is 1.80. The first-order valence-electron chi connectivity index (χ1n) is 9.96. The summed E-state index contributed by atoms with van der Waals surface area (Å²) >= 11 is 0. The van der Waals surface area contributed by atoms with Gasteiger partial charge in [-0.25, -0.2) is 4.98 Å². The van der Waals surface area contributed by atoms with Crippen molar-refractivity contribution in [1.82, 2.24) is 23.9 Å². The number of piperidine rings is 1. The van der Waals surface area contributed by atoms with Crippen molar-refractivity contribution in [2.24, 2.45) is 13.0 Å². The normalized spacial score (nSPS) is 25.2. The number of amides is 2. The van der Waals surface area contributed by atoms with Crippen LogP contribution in [-0.2, 0) is 11.8 Å². The van der Waals surface area contributed by atoms with Gasteiger partial charge in [0.25, 0.3) is 11.5 Å². The van der Waals surface area contributed by atoms with Gasteiger partial charge >= 0.3 is 0 Å². The van der Waals surface area contributed by atoms with Crippen LogP contribution < -0.4 is 5.56 Å². The molecule has 0 aliphatic carbocycles. The SMILES string of the molecule is Cn1ccnc1C(=O)N1C[C@H]2C[C@@H](C1)[C@H](C(=O)N1CC=CC1)n1c2cccc1=O. The molecule has 3 atom stereocenters. The van der Waals surface area contributed by atoms with E-state index in [0.29, 0.717) is 32.0 Å². The molecule has 5 heterocycles. The summed E-state index contributed by atoms with van der Waals surface area (Å²) in [6, 6.07) is 4.60. The Morgan fingerprint density at radius 2 is 1.90 bits per heavy atom. The molecule has 3 aliphatic rings. The molecule has 0 spiro atoms. The van der Waals surface area contributed by atoms with Crippen molar-refractivity contribution >= 4 is 11.8 Å². The van der Waals surface area contributed by atoms with Gasteiger partial charge < -0.3 is 14.4 Å². The van der Waals surface area contributed by atoms with Crippen LogP contribution in [0.2, 0.25) is 0 Å². The highest BCUT2D eigenvalue weighted by molar-refractivity contribution is 5.91. The Morgan fingerprint density at radius 1 is 1.10 bits per heavy atom. The lowest BCUT2D eigenvalue weighted by Gasteiger charge is -2.46. The third-order valence-corrected chi connectivity index (χ3v) is 6.33. The summed E-state index contributed by atoms with van der Waals surface area (Å²) in [5.41, 5.74) is 0.697. The molecule has 1 fully saturated rings. The van der Waals surface area contributed by atoms with Crippen molar-refractivity contribution in [3.05, 3.63) is 64.6 Å². The number of aryl methyl sites for hydroxylation is 1. The molecule has 8 heteroatoms. The highest BCUT2D eigenvalue weighted by Crippen LogP contribution is 2.42. The van der Waals surface area contributed by atoms with Crippen molar-refractivity contribution < 1.29 is 9.59 Å². The fourth-order valence-electron chi connectivity index (χ4n) is 4.98. The number of hydrogen-bond acceptors (Lipinski definition) is 4. The Bertz CT molecular complexity index is 1060. The largest absolute Gasteiger partial charge is 0.335 e. The number of rotatable bonds is 2. The zero-order valence-electron chi connectivity index (χ0n) is 16.3. The number of nitrogens with zero attached hydrogens (tertiary/aromatic N) is 5. The van der Waals surface area contributed by atoms with Gasteiger partial charge in [0, 0.05) is 69.2 Å². The predicted molar refractivity (Wildman–Crippen MR) is 105 cm³/mol. The first-order chi connectivity index (χ1) is 14.0. The number of fused-ring (bicyclic) bond motifs is 4. The maximum atomic E-state index is 13.4. The number of imidazole rings is 1. The number of likely N-dealkylation sites (tertiary alicyclic amines) is 1. The molecule has 2 bridgehead atoms. The van der Waals surface area contributed by atoms with Crippen LogP contribution in [0.4, 0.5) is 0 Å². The van der Waals surface area contributed by atoms with E-state index in [9.17, 15) is 14.4 Å². The zero-order valence-corrected chi connectivity index (χ0v) is 16.3. The first-order valence-corrected chi connectivity index (χ1v) is 9.96. The average molecular weight is 393 g/mol. The molecule has 8 nitrogen and oxygen atoms in total. The van der Waals surface area contributed by atoms with Gasteiger partial charge in [-0.3, -0.25) is 19.0 Å². The lowest BCUT2D eigenvalue weighted by molar-refractivity contribution is -0.136. The van der Waals surface area contributed by atoms with Crippen LogP contribution in [0.5, 0.6) is 0 Å². The molecule has 0 radical (unpaired) electrons. The Kier molecular flexibility index (Phi) is 4.15. The van der Waals surface area contributed by atoms with Gasteiger partial charge in [0.1, 0.15) is 6.04 Å². The first kappa shape index (κ1) is 17.9. The molecular formula is C21H23N5O3. The van der Waals surface area contributed by atoms with Gasteiger partial charge in [0.05, 0.1) is 0 Å². The molecule has 2 amide bonds. The van der Waals surface area contributed by atoms with Crippen molar-refractivity contribution in [3.8, 4) is 0 Å². The monoisotopic (exact) mass is 393 g/mol. The number of pyridine rings is 1. The predicted octanol–water partition coefficient (Wildman–Crippen LogP) is 0.781. The summed E-state index contributed by atoms with van der Waals surface area (Å²) in [6.07, 6.45) is 8.09. The molecule has 0 saturated carbocycles. The van der Waals surface area contributed by atoms with Crippen molar-refractivity contribution in [1.29, 1.82) is 0 Å². The third kappa shape index (κ3) is 2.82. The molecule has 2 aromatic rings. The second kappa shape index (κ2) is 6.72. The minimum absolute atomic E-state index is 0.0348. The van der Waals surface area contributed by atoms with E-state index in [1.807, 2.05) is 18.2 Å². The Labute approximate surface area is 168 Å². The van der Waals surface area contributed by atoms with E-state index in [1.165, 1.54) is 6.07 Å². The summed E-state index contributed by atoms with van der Waals surface area (Å²) in [4.78, 5) is 47.0. The smallest absolute Gasteiger partial charge is 0.289 e. The van der Waals surface area contributed by atoms with Gasteiger partial charge in [-0.2, -0.15) is 0 Å². The van der Waals surface area contributed by atoms with Crippen LogP contribution in [0.3, 0.4) is 0 Å². The van der Waals surface area contributed by atoms with Gasteiger partial charge in [-0.05, 0) is 12.5 Å². The minimum atomic E-state index is -0.577. The van der Waals surface area contributed by atoms with E-state index >= 15 is 0 Å². The number of hydrogen-bond donors (Lipinski definition) is 0. The number of carbonyl (C=O) groups excluding carboxylic acids is 2. The lowest BCUT2D eigenvalue weighted by atomic mass is 9.78. The van der Waals surface area contributed by atoms with Crippen molar-refractivity contribution in [3.63, 3.8) is 0 Å². The van der Waals surface area contributed by atoms with E-state index in [2.05, 4.69) is 4.98 Å². The van der Waals surface area contributed by atoms with Crippen LogP contribution in [0.25, 0.3) is 0 Å². The molecule has 2 aromatic heterocycles. The molecule has 150 valence electrons. The maximum Gasteiger partial charge on any atom is 0.289 e. The molecular weight excluding hydrogens is 370 g/mol. The lowest BCUT2D eigenvalue weighted by Crippen LogP contribution is -2.55. The molecule has 0 unspecified atom stereocenters. The Balaban J connectivity index is 1.54. The quantitative estimate of drug-likeness (QED) is 0.707. The molecule has 5 rings (SSSR count). The van der Waals surface area contributed by atoms with Crippen LogP contribution in [0.1, 0.15) is 34.7 Å². The van der Waals surface area contributed by atoms with E-state index in [0.717, 1.165) is 12.1 Å². The maximum absolute atomic E-state index is 13.4. The Morgan fingerprint density at radius 3 is 2.62 bits per heavy atom. The fourth-order valence-corrected chi connectivity index (χ4v) is 4.98. The molecule has 29 heavy (non-hydrogen) atoms. The number of aromatic nitrogens is 3. The van der Waals surface area contributed by atoms with Gasteiger partial charge in [-0.15, -0.1) is 0 Å². The van der Waals surface area contributed by atoms with Gasteiger partial charge in [0.15, 0.2) is 5.82 Å². The second-order valence-electron chi connectivity index (χ2n) is 8.08. The van der Waals surface area contributed by atoms with E-state index in [-0.39, 0.29) is 29.2 Å². The van der Waals surface area contributed by atoms with E-state index < -0.39 is 6.04 Å². The Hall–Kier alpha value is -3.16. The molecule has 3 aliphatic heterocycles.